The molecular formula is C12H21NS2. The third kappa shape index (κ3) is 4.58. The van der Waals surface area contributed by atoms with E-state index in [4.69, 9.17) is 12.2 Å². The van der Waals surface area contributed by atoms with E-state index in [1.54, 1.807) is 23.5 Å². The fourth-order valence-corrected chi connectivity index (χ4v) is 2.06. The summed E-state index contributed by atoms with van der Waals surface area (Å²) in [6, 6.07) is 0. The SMILES string of the molecule is C=Cc1sc(=S)n(C)c1C=C.CC.CC. The van der Waals surface area contributed by atoms with Crippen molar-refractivity contribution in [1.29, 1.82) is 0 Å². The van der Waals surface area contributed by atoms with Crippen molar-refractivity contribution >= 4 is 35.7 Å². The Balaban J connectivity index is 0. The Bertz CT molecular complexity index is 345. The minimum Gasteiger partial charge on any atom is -0.326 e. The lowest BCUT2D eigenvalue weighted by atomic mass is 10.3. The molecular weight excluding hydrogens is 222 g/mol. The molecule has 0 fully saturated rings. The standard InChI is InChI=1S/C8H9NS2.2C2H6/c1-4-6-7(5-2)11-8(10)9(6)3;2*1-2/h4-5H,1-2H2,3H3;2*1-2H3. The first-order valence-electron chi connectivity index (χ1n) is 5.15. The lowest BCUT2D eigenvalue weighted by Gasteiger charge is -1.94. The van der Waals surface area contributed by atoms with Crippen LogP contribution < -0.4 is 0 Å². The lowest BCUT2D eigenvalue weighted by Crippen LogP contribution is -1.89. The summed E-state index contributed by atoms with van der Waals surface area (Å²) in [4.78, 5) is 1.09. The van der Waals surface area contributed by atoms with Crippen LogP contribution in [0.3, 0.4) is 0 Å². The van der Waals surface area contributed by atoms with E-state index in [2.05, 4.69) is 13.2 Å². The molecule has 0 unspecified atom stereocenters. The van der Waals surface area contributed by atoms with E-state index in [-0.39, 0.29) is 0 Å². The molecule has 1 nitrogen and oxygen atoms in total. The van der Waals surface area contributed by atoms with Crippen LogP contribution in [0.2, 0.25) is 0 Å². The Morgan fingerprint density at radius 2 is 1.60 bits per heavy atom. The minimum atomic E-state index is 0.856. The molecule has 0 atom stereocenters. The maximum Gasteiger partial charge on any atom is 0.161 e. The summed E-state index contributed by atoms with van der Waals surface area (Å²) in [5, 5.41) is 0. The summed E-state index contributed by atoms with van der Waals surface area (Å²) < 4.78 is 2.79. The number of hydrogen-bond donors (Lipinski definition) is 0. The fourth-order valence-electron chi connectivity index (χ4n) is 0.862. The van der Waals surface area contributed by atoms with Crippen molar-refractivity contribution in [3.63, 3.8) is 0 Å². The summed E-state index contributed by atoms with van der Waals surface area (Å²) in [7, 11) is 1.93. The maximum absolute atomic E-state index is 5.08. The lowest BCUT2D eigenvalue weighted by molar-refractivity contribution is 0.906. The normalized spacial score (nSPS) is 7.80. The van der Waals surface area contributed by atoms with Gasteiger partial charge in [0.15, 0.2) is 3.95 Å². The Hall–Kier alpha value is -0.670. The van der Waals surface area contributed by atoms with E-state index in [0.717, 1.165) is 14.5 Å². The Morgan fingerprint density at radius 3 is 1.87 bits per heavy atom. The Labute approximate surface area is 103 Å². The molecule has 1 aromatic heterocycles. The van der Waals surface area contributed by atoms with Crippen LogP contribution in [-0.2, 0) is 7.05 Å². The molecule has 0 spiro atoms. The smallest absolute Gasteiger partial charge is 0.161 e. The first kappa shape index (κ1) is 16.7. The highest BCUT2D eigenvalue weighted by atomic mass is 32.1. The van der Waals surface area contributed by atoms with Crippen molar-refractivity contribution in [2.75, 3.05) is 0 Å². The molecule has 0 aliphatic rings. The Morgan fingerprint density at radius 1 is 1.13 bits per heavy atom. The van der Waals surface area contributed by atoms with Gasteiger partial charge in [0.25, 0.3) is 0 Å². The molecule has 0 radical (unpaired) electrons. The average Bonchev–Trinajstić information content (AvgIpc) is 2.60. The van der Waals surface area contributed by atoms with Crippen molar-refractivity contribution < 1.29 is 0 Å². The molecule has 0 aliphatic carbocycles. The van der Waals surface area contributed by atoms with Gasteiger partial charge in [-0.15, -0.1) is 11.3 Å². The third-order valence-corrected chi connectivity index (χ3v) is 3.03. The van der Waals surface area contributed by atoms with E-state index in [1.807, 2.05) is 39.3 Å². The van der Waals surface area contributed by atoms with Crippen LogP contribution in [-0.4, -0.2) is 4.57 Å². The number of hydrogen-bond acceptors (Lipinski definition) is 2. The molecule has 15 heavy (non-hydrogen) atoms. The van der Waals surface area contributed by atoms with Crippen LogP contribution in [0, 0.1) is 3.95 Å². The van der Waals surface area contributed by atoms with Crippen molar-refractivity contribution in [2.45, 2.75) is 27.7 Å². The van der Waals surface area contributed by atoms with Gasteiger partial charge in [-0.3, -0.25) is 0 Å². The van der Waals surface area contributed by atoms with E-state index in [1.165, 1.54) is 0 Å². The van der Waals surface area contributed by atoms with Crippen LogP contribution in [0.1, 0.15) is 38.3 Å². The highest BCUT2D eigenvalue weighted by Gasteiger charge is 2.02. The van der Waals surface area contributed by atoms with Crippen molar-refractivity contribution in [3.05, 3.63) is 27.7 Å². The second-order valence-electron chi connectivity index (χ2n) is 2.08. The van der Waals surface area contributed by atoms with Crippen LogP contribution in [0.5, 0.6) is 0 Å². The predicted molar refractivity (Wildman–Crippen MR) is 77.0 cm³/mol. The van der Waals surface area contributed by atoms with E-state index >= 15 is 0 Å². The van der Waals surface area contributed by atoms with Crippen LogP contribution in [0.25, 0.3) is 12.2 Å². The number of aromatic nitrogens is 1. The molecule has 0 N–H and O–H groups in total. The van der Waals surface area contributed by atoms with Crippen LogP contribution >= 0.6 is 23.6 Å². The average molecular weight is 243 g/mol. The molecule has 0 aromatic carbocycles. The monoisotopic (exact) mass is 243 g/mol. The van der Waals surface area contributed by atoms with E-state index in [9.17, 15) is 0 Å². The van der Waals surface area contributed by atoms with Gasteiger partial charge in [-0.05, 0) is 24.4 Å². The highest BCUT2D eigenvalue weighted by Crippen LogP contribution is 2.20. The quantitative estimate of drug-likeness (QED) is 0.650. The van der Waals surface area contributed by atoms with Gasteiger partial charge in [-0.2, -0.15) is 0 Å². The highest BCUT2D eigenvalue weighted by molar-refractivity contribution is 7.73. The van der Waals surface area contributed by atoms with Crippen molar-refractivity contribution in [2.24, 2.45) is 7.05 Å². The van der Waals surface area contributed by atoms with Crippen LogP contribution in [0.4, 0.5) is 0 Å². The predicted octanol–water partition coefficient (Wildman–Crippen LogP) is 5.15. The van der Waals surface area contributed by atoms with Crippen LogP contribution in [0.15, 0.2) is 13.2 Å². The molecule has 0 saturated carbocycles. The largest absolute Gasteiger partial charge is 0.326 e. The molecule has 86 valence electrons. The molecule has 1 heterocycles. The van der Waals surface area contributed by atoms with Gasteiger partial charge in [0.2, 0.25) is 0 Å². The van der Waals surface area contributed by atoms with E-state index in [0.29, 0.717) is 0 Å². The Kier molecular flexibility index (Phi) is 11.0. The van der Waals surface area contributed by atoms with Gasteiger partial charge in [0.1, 0.15) is 0 Å². The van der Waals surface area contributed by atoms with Gasteiger partial charge in [0.05, 0.1) is 10.6 Å². The van der Waals surface area contributed by atoms with Gasteiger partial charge in [0, 0.05) is 7.05 Å². The topological polar surface area (TPSA) is 4.93 Å². The molecule has 1 aromatic rings. The third-order valence-electron chi connectivity index (χ3n) is 1.46. The molecule has 0 amide bonds. The molecule has 0 bridgehead atoms. The molecule has 0 saturated heterocycles. The molecule has 0 aliphatic heterocycles. The second kappa shape index (κ2) is 9.87. The summed E-state index contributed by atoms with van der Waals surface area (Å²) in [6.07, 6.45) is 3.60. The van der Waals surface area contributed by atoms with Gasteiger partial charge in [-0.1, -0.05) is 40.9 Å². The summed E-state index contributed by atoms with van der Waals surface area (Å²) in [5.74, 6) is 0. The summed E-state index contributed by atoms with van der Waals surface area (Å²) in [5.41, 5.74) is 1.05. The molecule has 1 rings (SSSR count). The zero-order valence-corrected chi connectivity index (χ0v) is 12.0. The fraction of sp³-hybridized carbons (Fsp3) is 0.417. The zero-order chi connectivity index (χ0) is 12.4. The minimum absolute atomic E-state index is 0.856. The van der Waals surface area contributed by atoms with Gasteiger partial charge >= 0.3 is 0 Å². The summed E-state index contributed by atoms with van der Waals surface area (Å²) >= 11 is 6.63. The number of nitrogens with zero attached hydrogens (tertiary/aromatic N) is 1. The number of rotatable bonds is 2. The van der Waals surface area contributed by atoms with E-state index < -0.39 is 0 Å². The van der Waals surface area contributed by atoms with Gasteiger partial charge in [-0.25, -0.2) is 0 Å². The second-order valence-corrected chi connectivity index (χ2v) is 3.76. The maximum atomic E-state index is 5.08. The first-order chi connectivity index (χ1) is 7.20. The number of thiazole rings is 1. The summed E-state index contributed by atoms with van der Waals surface area (Å²) in [6.45, 7) is 15.4. The zero-order valence-electron chi connectivity index (χ0n) is 10.3. The molecule has 3 heteroatoms. The van der Waals surface area contributed by atoms with Crippen molar-refractivity contribution in [1.82, 2.24) is 4.57 Å². The van der Waals surface area contributed by atoms with Gasteiger partial charge < -0.3 is 4.57 Å². The first-order valence-corrected chi connectivity index (χ1v) is 6.38. The van der Waals surface area contributed by atoms with Crippen molar-refractivity contribution in [3.8, 4) is 0 Å².